The summed E-state index contributed by atoms with van der Waals surface area (Å²) < 4.78 is 25.3. The zero-order chi connectivity index (χ0) is 14.0. The molecule has 0 bridgehead atoms. The molecule has 19 heavy (non-hydrogen) atoms. The summed E-state index contributed by atoms with van der Waals surface area (Å²) >= 11 is 0. The van der Waals surface area contributed by atoms with Gasteiger partial charge in [0.15, 0.2) is 0 Å². The van der Waals surface area contributed by atoms with Gasteiger partial charge < -0.3 is 5.11 Å². The molecule has 0 unspecified atom stereocenters. The van der Waals surface area contributed by atoms with Crippen molar-refractivity contribution in [2.75, 3.05) is 14.1 Å². The van der Waals surface area contributed by atoms with Gasteiger partial charge in [-0.3, -0.25) is 0 Å². The van der Waals surface area contributed by atoms with Crippen molar-refractivity contribution in [1.29, 1.82) is 0 Å². The van der Waals surface area contributed by atoms with Gasteiger partial charge in [-0.15, -0.1) is 0 Å². The van der Waals surface area contributed by atoms with E-state index in [0.29, 0.717) is 0 Å². The maximum atomic E-state index is 12.1. The number of hydrogen-bond donors (Lipinski definition) is 1. The van der Waals surface area contributed by atoms with Crippen molar-refractivity contribution in [3.8, 4) is 16.9 Å². The van der Waals surface area contributed by atoms with Crippen molar-refractivity contribution in [2.45, 2.75) is 4.90 Å². The molecule has 0 aliphatic heterocycles. The van der Waals surface area contributed by atoms with E-state index in [9.17, 15) is 13.5 Å². The summed E-state index contributed by atoms with van der Waals surface area (Å²) in [4.78, 5) is 0.253. The molecule has 100 valence electrons. The SMILES string of the molecule is CN(C)S(=O)(=O)c1cccc(-c2ccc(O)cc2)c1. The van der Waals surface area contributed by atoms with Crippen LogP contribution in [0, 0.1) is 0 Å². The second-order valence-electron chi connectivity index (χ2n) is 4.36. The lowest BCUT2D eigenvalue weighted by Crippen LogP contribution is -2.22. The summed E-state index contributed by atoms with van der Waals surface area (Å²) in [6, 6.07) is 13.4. The van der Waals surface area contributed by atoms with Crippen LogP contribution >= 0.6 is 0 Å². The first-order valence-corrected chi connectivity index (χ1v) is 7.17. The maximum Gasteiger partial charge on any atom is 0.242 e. The standard InChI is InChI=1S/C14H15NO3S/c1-15(2)19(17,18)14-5-3-4-12(10-14)11-6-8-13(16)9-7-11/h3-10,16H,1-2H3. The number of benzene rings is 2. The first-order valence-electron chi connectivity index (χ1n) is 5.73. The largest absolute Gasteiger partial charge is 0.508 e. The van der Waals surface area contributed by atoms with Gasteiger partial charge in [-0.1, -0.05) is 24.3 Å². The molecule has 1 N–H and O–H groups in total. The van der Waals surface area contributed by atoms with E-state index in [1.165, 1.54) is 18.4 Å². The summed E-state index contributed by atoms with van der Waals surface area (Å²) in [5, 5.41) is 9.26. The molecule has 0 saturated carbocycles. The molecule has 2 rings (SSSR count). The molecule has 0 radical (unpaired) electrons. The number of nitrogens with zero attached hydrogens (tertiary/aromatic N) is 1. The average molecular weight is 277 g/mol. The average Bonchev–Trinajstić information content (AvgIpc) is 2.39. The van der Waals surface area contributed by atoms with Crippen molar-refractivity contribution in [2.24, 2.45) is 0 Å². The highest BCUT2D eigenvalue weighted by Crippen LogP contribution is 2.25. The topological polar surface area (TPSA) is 57.6 Å². The normalized spacial score (nSPS) is 11.7. The Morgan fingerprint density at radius 3 is 2.16 bits per heavy atom. The summed E-state index contributed by atoms with van der Waals surface area (Å²) in [6.07, 6.45) is 0. The minimum absolute atomic E-state index is 0.181. The molecule has 0 aromatic heterocycles. The van der Waals surface area contributed by atoms with Gasteiger partial charge in [0.25, 0.3) is 0 Å². The van der Waals surface area contributed by atoms with Crippen LogP contribution in [-0.2, 0) is 10.0 Å². The summed E-state index contributed by atoms with van der Waals surface area (Å²) in [7, 11) is -0.427. The first kappa shape index (κ1) is 13.6. The lowest BCUT2D eigenvalue weighted by Gasteiger charge is -2.12. The zero-order valence-electron chi connectivity index (χ0n) is 10.7. The van der Waals surface area contributed by atoms with E-state index in [-0.39, 0.29) is 10.6 Å². The fraction of sp³-hybridized carbons (Fsp3) is 0.143. The fourth-order valence-corrected chi connectivity index (χ4v) is 2.65. The maximum absolute atomic E-state index is 12.1. The molecular formula is C14H15NO3S. The van der Waals surface area contributed by atoms with Crippen molar-refractivity contribution in [3.05, 3.63) is 48.5 Å². The Bertz CT molecular complexity index is 676. The third-order valence-electron chi connectivity index (χ3n) is 2.81. The molecule has 0 saturated heterocycles. The molecule has 0 spiro atoms. The Labute approximate surface area is 113 Å². The Morgan fingerprint density at radius 1 is 0.947 bits per heavy atom. The van der Waals surface area contributed by atoms with Gasteiger partial charge in [-0.05, 0) is 35.4 Å². The molecule has 2 aromatic rings. The van der Waals surface area contributed by atoms with Gasteiger partial charge in [0, 0.05) is 14.1 Å². The predicted octanol–water partition coefficient (Wildman–Crippen LogP) is 2.31. The molecule has 0 fully saturated rings. The van der Waals surface area contributed by atoms with Crippen molar-refractivity contribution in [3.63, 3.8) is 0 Å². The lowest BCUT2D eigenvalue weighted by molar-refractivity contribution is 0.475. The van der Waals surface area contributed by atoms with Crippen LogP contribution < -0.4 is 0 Å². The Kier molecular flexibility index (Phi) is 3.59. The molecule has 0 amide bonds. The number of phenols is 1. The summed E-state index contributed by atoms with van der Waals surface area (Å²) in [5.74, 6) is 0.181. The van der Waals surface area contributed by atoms with E-state index in [0.717, 1.165) is 11.1 Å². The number of rotatable bonds is 3. The predicted molar refractivity (Wildman–Crippen MR) is 74.4 cm³/mol. The van der Waals surface area contributed by atoms with Crippen LogP contribution in [0.2, 0.25) is 0 Å². The Balaban J connectivity index is 2.49. The number of hydrogen-bond acceptors (Lipinski definition) is 3. The highest BCUT2D eigenvalue weighted by molar-refractivity contribution is 7.89. The fourth-order valence-electron chi connectivity index (χ4n) is 1.70. The Morgan fingerprint density at radius 2 is 1.58 bits per heavy atom. The Hall–Kier alpha value is -1.85. The number of sulfonamides is 1. The molecule has 2 aromatic carbocycles. The van der Waals surface area contributed by atoms with Crippen LogP contribution in [0.5, 0.6) is 5.75 Å². The molecular weight excluding hydrogens is 262 g/mol. The molecule has 0 aliphatic rings. The van der Waals surface area contributed by atoms with Crippen LogP contribution in [0.1, 0.15) is 0 Å². The third kappa shape index (κ3) is 2.77. The minimum Gasteiger partial charge on any atom is -0.508 e. The number of phenolic OH excluding ortho intramolecular Hbond substituents is 1. The quantitative estimate of drug-likeness (QED) is 0.936. The van der Waals surface area contributed by atoms with E-state index in [1.807, 2.05) is 6.07 Å². The first-order chi connectivity index (χ1) is 8.91. The third-order valence-corrected chi connectivity index (χ3v) is 4.62. The molecule has 4 nitrogen and oxygen atoms in total. The van der Waals surface area contributed by atoms with E-state index < -0.39 is 10.0 Å². The van der Waals surface area contributed by atoms with Crippen LogP contribution in [0.15, 0.2) is 53.4 Å². The van der Waals surface area contributed by atoms with E-state index in [1.54, 1.807) is 42.5 Å². The highest BCUT2D eigenvalue weighted by Gasteiger charge is 2.17. The van der Waals surface area contributed by atoms with Gasteiger partial charge in [0.05, 0.1) is 4.90 Å². The van der Waals surface area contributed by atoms with Crippen LogP contribution in [0.4, 0.5) is 0 Å². The minimum atomic E-state index is -3.43. The van der Waals surface area contributed by atoms with Gasteiger partial charge in [0.2, 0.25) is 10.0 Å². The highest BCUT2D eigenvalue weighted by atomic mass is 32.2. The van der Waals surface area contributed by atoms with Gasteiger partial charge in [-0.25, -0.2) is 12.7 Å². The van der Waals surface area contributed by atoms with Crippen molar-refractivity contribution in [1.82, 2.24) is 4.31 Å². The second-order valence-corrected chi connectivity index (χ2v) is 6.51. The number of aromatic hydroxyl groups is 1. The zero-order valence-corrected chi connectivity index (χ0v) is 11.6. The van der Waals surface area contributed by atoms with Crippen LogP contribution in [-0.4, -0.2) is 31.9 Å². The molecule has 0 heterocycles. The van der Waals surface area contributed by atoms with Crippen LogP contribution in [0.25, 0.3) is 11.1 Å². The van der Waals surface area contributed by atoms with E-state index >= 15 is 0 Å². The second kappa shape index (κ2) is 5.03. The molecule has 5 heteroatoms. The molecule has 0 aliphatic carbocycles. The summed E-state index contributed by atoms with van der Waals surface area (Å²) in [5.41, 5.74) is 1.65. The lowest BCUT2D eigenvalue weighted by atomic mass is 10.1. The van der Waals surface area contributed by atoms with E-state index in [2.05, 4.69) is 0 Å². The monoisotopic (exact) mass is 277 g/mol. The smallest absolute Gasteiger partial charge is 0.242 e. The van der Waals surface area contributed by atoms with Crippen molar-refractivity contribution >= 4 is 10.0 Å². The summed E-state index contributed by atoms with van der Waals surface area (Å²) in [6.45, 7) is 0. The van der Waals surface area contributed by atoms with Crippen molar-refractivity contribution < 1.29 is 13.5 Å². The van der Waals surface area contributed by atoms with Gasteiger partial charge in [0.1, 0.15) is 5.75 Å². The van der Waals surface area contributed by atoms with Gasteiger partial charge >= 0.3 is 0 Å². The van der Waals surface area contributed by atoms with E-state index in [4.69, 9.17) is 0 Å². The van der Waals surface area contributed by atoms with Crippen LogP contribution in [0.3, 0.4) is 0 Å². The molecule has 0 atom stereocenters. The van der Waals surface area contributed by atoms with Gasteiger partial charge in [-0.2, -0.15) is 0 Å².